The lowest BCUT2D eigenvalue weighted by Crippen LogP contribution is -2.38. The first-order chi connectivity index (χ1) is 12.9. The minimum atomic E-state index is -0.344. The summed E-state index contributed by atoms with van der Waals surface area (Å²) in [5, 5.41) is -0.344. The fourth-order valence-corrected chi connectivity index (χ4v) is 4.43. The van der Waals surface area contributed by atoms with E-state index in [1.165, 1.54) is 23.6 Å². The molecule has 1 heterocycles. The fraction of sp³-hybridized carbons (Fsp3) is 0.800. The van der Waals surface area contributed by atoms with Crippen molar-refractivity contribution >= 4 is 35.3 Å². The van der Waals surface area contributed by atoms with Crippen LogP contribution in [0.2, 0.25) is 0 Å². The molecular weight excluding hydrogens is 364 g/mol. The molecule has 0 aromatic rings. The van der Waals surface area contributed by atoms with Gasteiger partial charge in [-0.1, -0.05) is 27.7 Å². The summed E-state index contributed by atoms with van der Waals surface area (Å²) in [5.74, 6) is 0.380. The molecule has 1 aliphatic heterocycles. The van der Waals surface area contributed by atoms with E-state index in [2.05, 4.69) is 0 Å². The van der Waals surface area contributed by atoms with E-state index in [-0.39, 0.29) is 48.4 Å². The molecule has 6 nitrogen and oxygen atoms in total. The number of rotatable bonds is 7. The zero-order valence-corrected chi connectivity index (χ0v) is 18.3. The minimum absolute atomic E-state index is 0. The summed E-state index contributed by atoms with van der Waals surface area (Å²) in [6, 6.07) is 0. The Morgan fingerprint density at radius 2 is 1.67 bits per heavy atom. The van der Waals surface area contributed by atoms with Crippen molar-refractivity contribution in [3.8, 4) is 0 Å². The van der Waals surface area contributed by atoms with Gasteiger partial charge in [-0.3, -0.25) is 24.1 Å². The highest BCUT2D eigenvalue weighted by atomic mass is 32.2. The van der Waals surface area contributed by atoms with Gasteiger partial charge in [0, 0.05) is 32.5 Å². The van der Waals surface area contributed by atoms with Crippen molar-refractivity contribution in [2.45, 2.75) is 78.4 Å². The average Bonchev–Trinajstić information content (AvgIpc) is 2.93. The van der Waals surface area contributed by atoms with Gasteiger partial charge in [0.15, 0.2) is 0 Å². The SMILES string of the molecule is CC.CC.CC(=O)CCSC1CC(=O)N(CC2CCC(C(N)=O)CC2)C1=O.[HH]. The lowest BCUT2D eigenvalue weighted by atomic mass is 9.81. The number of imide groups is 1. The molecule has 1 aliphatic carbocycles. The molecule has 0 aromatic heterocycles. The number of hydrogen-bond acceptors (Lipinski definition) is 5. The molecule has 1 saturated carbocycles. The second-order valence-corrected chi connectivity index (χ2v) is 7.79. The van der Waals surface area contributed by atoms with E-state index in [0.717, 1.165) is 25.7 Å². The second kappa shape index (κ2) is 13.7. The number of likely N-dealkylation sites (tertiary alicyclic amines) is 1. The van der Waals surface area contributed by atoms with E-state index in [4.69, 9.17) is 5.73 Å². The van der Waals surface area contributed by atoms with Crippen LogP contribution in [-0.4, -0.2) is 46.0 Å². The maximum atomic E-state index is 12.4. The highest BCUT2D eigenvalue weighted by Crippen LogP contribution is 2.32. The first kappa shape index (κ1) is 25.6. The van der Waals surface area contributed by atoms with Crippen molar-refractivity contribution in [3.05, 3.63) is 0 Å². The summed E-state index contributed by atoms with van der Waals surface area (Å²) < 4.78 is 0. The quantitative estimate of drug-likeness (QED) is 0.658. The third kappa shape index (κ3) is 8.45. The number of Topliss-reactive ketones (excluding diaryl/α,β-unsaturated/α-hetero) is 1. The van der Waals surface area contributed by atoms with Gasteiger partial charge in [0.05, 0.1) is 5.25 Å². The summed E-state index contributed by atoms with van der Waals surface area (Å²) in [5.41, 5.74) is 5.32. The number of nitrogens with two attached hydrogens (primary N) is 1. The van der Waals surface area contributed by atoms with Crippen molar-refractivity contribution in [2.75, 3.05) is 12.3 Å². The first-order valence-electron chi connectivity index (χ1n) is 10.1. The number of nitrogens with zero attached hydrogens (tertiary/aromatic N) is 1. The minimum Gasteiger partial charge on any atom is -0.369 e. The summed E-state index contributed by atoms with van der Waals surface area (Å²) in [7, 11) is 0. The Balaban J connectivity index is 0. The number of ketones is 1. The highest BCUT2D eigenvalue weighted by Gasteiger charge is 2.40. The van der Waals surface area contributed by atoms with Crippen molar-refractivity contribution in [1.82, 2.24) is 4.90 Å². The highest BCUT2D eigenvalue weighted by molar-refractivity contribution is 8.00. The molecule has 0 bridgehead atoms. The van der Waals surface area contributed by atoms with Gasteiger partial charge in [0.2, 0.25) is 17.7 Å². The van der Waals surface area contributed by atoms with Crippen LogP contribution in [0.5, 0.6) is 0 Å². The van der Waals surface area contributed by atoms with Gasteiger partial charge in [0.1, 0.15) is 5.78 Å². The first-order valence-corrected chi connectivity index (χ1v) is 11.2. The van der Waals surface area contributed by atoms with Crippen LogP contribution in [0.15, 0.2) is 0 Å². The number of thioether (sulfide) groups is 1. The van der Waals surface area contributed by atoms with E-state index < -0.39 is 0 Å². The zero-order chi connectivity index (χ0) is 21.0. The Hall–Kier alpha value is -1.37. The van der Waals surface area contributed by atoms with Gasteiger partial charge in [0.25, 0.3) is 0 Å². The molecule has 0 spiro atoms. The molecule has 2 rings (SSSR count). The summed E-state index contributed by atoms with van der Waals surface area (Å²) >= 11 is 1.40. The molecule has 3 amide bonds. The molecule has 158 valence electrons. The molecule has 1 saturated heterocycles. The summed E-state index contributed by atoms with van der Waals surface area (Å²) in [6.07, 6.45) is 3.80. The zero-order valence-electron chi connectivity index (χ0n) is 17.5. The molecule has 1 atom stereocenters. The van der Waals surface area contributed by atoms with E-state index in [9.17, 15) is 19.2 Å². The molecule has 7 heteroatoms. The molecule has 1 unspecified atom stereocenters. The Bertz CT molecular complexity index is 508. The Morgan fingerprint density at radius 3 is 2.15 bits per heavy atom. The normalized spacial score (nSPS) is 24.5. The van der Waals surface area contributed by atoms with E-state index in [1.54, 1.807) is 0 Å². The van der Waals surface area contributed by atoms with Crippen LogP contribution < -0.4 is 5.73 Å². The lowest BCUT2D eigenvalue weighted by molar-refractivity contribution is -0.139. The largest absolute Gasteiger partial charge is 0.369 e. The number of primary amides is 1. The summed E-state index contributed by atoms with van der Waals surface area (Å²) in [4.78, 5) is 48.0. The van der Waals surface area contributed by atoms with E-state index in [0.29, 0.717) is 18.7 Å². The monoisotopic (exact) mass is 402 g/mol. The number of amides is 3. The van der Waals surface area contributed by atoms with E-state index >= 15 is 0 Å². The van der Waals surface area contributed by atoms with Gasteiger partial charge >= 0.3 is 0 Å². The Kier molecular flexibility index (Phi) is 13.0. The van der Waals surface area contributed by atoms with Crippen LogP contribution in [-0.2, 0) is 19.2 Å². The van der Waals surface area contributed by atoms with Crippen LogP contribution in [0.1, 0.15) is 74.6 Å². The molecule has 2 fully saturated rings. The third-order valence-corrected chi connectivity index (χ3v) is 5.88. The predicted molar refractivity (Wildman–Crippen MR) is 112 cm³/mol. The van der Waals surface area contributed by atoms with Crippen LogP contribution in [0.25, 0.3) is 0 Å². The summed E-state index contributed by atoms with van der Waals surface area (Å²) in [6.45, 7) is 9.98. The Labute approximate surface area is 169 Å². The van der Waals surface area contributed by atoms with Gasteiger partial charge in [-0.2, -0.15) is 0 Å². The lowest BCUT2D eigenvalue weighted by Gasteiger charge is -2.29. The Morgan fingerprint density at radius 1 is 1.11 bits per heavy atom. The van der Waals surface area contributed by atoms with Gasteiger partial charge in [-0.15, -0.1) is 11.8 Å². The average molecular weight is 403 g/mol. The van der Waals surface area contributed by atoms with Crippen LogP contribution in [0.4, 0.5) is 0 Å². The van der Waals surface area contributed by atoms with Crippen LogP contribution >= 0.6 is 11.8 Å². The van der Waals surface area contributed by atoms with Gasteiger partial charge < -0.3 is 5.73 Å². The van der Waals surface area contributed by atoms with Gasteiger partial charge in [-0.25, -0.2) is 0 Å². The predicted octanol–water partition coefficient (Wildman–Crippen LogP) is 3.42. The molecule has 0 aromatic carbocycles. The van der Waals surface area contributed by atoms with Crippen molar-refractivity contribution in [2.24, 2.45) is 17.6 Å². The van der Waals surface area contributed by atoms with Crippen molar-refractivity contribution < 1.29 is 20.6 Å². The van der Waals surface area contributed by atoms with Gasteiger partial charge in [-0.05, 0) is 38.5 Å². The molecular formula is C20H38N2O4S. The number of carbonyl (C=O) groups excluding carboxylic acids is 4. The third-order valence-electron chi connectivity index (χ3n) is 4.67. The smallest absolute Gasteiger partial charge is 0.242 e. The van der Waals surface area contributed by atoms with Crippen LogP contribution in [0, 0.1) is 11.8 Å². The number of carbonyl (C=O) groups is 4. The molecule has 27 heavy (non-hydrogen) atoms. The maximum absolute atomic E-state index is 12.4. The topological polar surface area (TPSA) is 97.5 Å². The standard InChI is InChI=1S/C16H24N2O4S.2C2H6.H2/c1-10(19)6-7-23-13-8-14(20)18(16(13)22)9-11-2-4-12(5-3-11)15(17)21;2*1-2;/h11-13H,2-9H2,1H3,(H2,17,21);2*1-2H3;1H. The van der Waals surface area contributed by atoms with Crippen LogP contribution in [0.3, 0.4) is 0 Å². The van der Waals surface area contributed by atoms with Crippen molar-refractivity contribution in [3.63, 3.8) is 0 Å². The van der Waals surface area contributed by atoms with Crippen molar-refractivity contribution in [1.29, 1.82) is 0 Å². The molecule has 2 N–H and O–H groups in total. The number of hydrogen-bond donors (Lipinski definition) is 1. The molecule has 2 aliphatic rings. The van der Waals surface area contributed by atoms with E-state index in [1.807, 2.05) is 27.7 Å². The fourth-order valence-electron chi connectivity index (χ4n) is 3.21. The maximum Gasteiger partial charge on any atom is 0.242 e. The second-order valence-electron chi connectivity index (χ2n) is 6.48. The molecule has 0 radical (unpaired) electrons.